The normalized spacial score (nSPS) is 15.3. The number of anilines is 1. The fourth-order valence-electron chi connectivity index (χ4n) is 3.72. The third-order valence-electron chi connectivity index (χ3n) is 5.46. The van der Waals surface area contributed by atoms with Crippen molar-refractivity contribution < 1.29 is 8.94 Å². The van der Waals surface area contributed by atoms with E-state index in [1.54, 1.807) is 12.4 Å². The monoisotopic (exact) mass is 390 g/mol. The minimum atomic E-state index is 0.415. The number of rotatable bonds is 5. The molecule has 0 bridgehead atoms. The van der Waals surface area contributed by atoms with Crippen LogP contribution < -0.4 is 4.90 Å². The van der Waals surface area contributed by atoms with Gasteiger partial charge in [-0.05, 0) is 42.9 Å². The predicted octanol–water partition coefficient (Wildman–Crippen LogP) is 3.69. The first-order chi connectivity index (χ1) is 14.3. The van der Waals surface area contributed by atoms with Crippen molar-refractivity contribution in [3.63, 3.8) is 0 Å². The second-order valence-electron chi connectivity index (χ2n) is 7.42. The van der Waals surface area contributed by atoms with E-state index in [1.807, 2.05) is 24.5 Å². The van der Waals surface area contributed by atoms with Gasteiger partial charge in [0, 0.05) is 49.7 Å². The summed E-state index contributed by atoms with van der Waals surface area (Å²) in [5.41, 5.74) is 1.92. The molecule has 0 aromatic carbocycles. The Morgan fingerprint density at radius 2 is 1.97 bits per heavy atom. The van der Waals surface area contributed by atoms with Crippen molar-refractivity contribution in [2.45, 2.75) is 32.6 Å². The summed E-state index contributed by atoms with van der Waals surface area (Å²) >= 11 is 0. The van der Waals surface area contributed by atoms with Crippen LogP contribution in [0, 0.1) is 5.92 Å². The van der Waals surface area contributed by atoms with Gasteiger partial charge in [-0.1, -0.05) is 12.1 Å². The molecule has 8 nitrogen and oxygen atoms in total. The number of aryl methyl sites for hydroxylation is 1. The molecule has 0 spiro atoms. The van der Waals surface area contributed by atoms with Crippen molar-refractivity contribution in [1.82, 2.24) is 25.1 Å². The maximum Gasteiger partial charge on any atom is 0.293 e. The molecule has 0 aliphatic carbocycles. The molecule has 8 heteroatoms. The van der Waals surface area contributed by atoms with E-state index < -0.39 is 0 Å². The van der Waals surface area contributed by atoms with E-state index in [0.29, 0.717) is 17.6 Å². The Morgan fingerprint density at radius 3 is 2.72 bits per heavy atom. The van der Waals surface area contributed by atoms with Gasteiger partial charge in [-0.3, -0.25) is 4.98 Å². The van der Waals surface area contributed by atoms with E-state index in [0.717, 1.165) is 67.1 Å². The highest BCUT2D eigenvalue weighted by atomic mass is 16.5. The molecule has 148 valence electrons. The average molecular weight is 390 g/mol. The number of piperidine rings is 1. The van der Waals surface area contributed by atoms with Crippen LogP contribution in [0.2, 0.25) is 0 Å². The quantitative estimate of drug-likeness (QED) is 0.509. The van der Waals surface area contributed by atoms with Crippen LogP contribution in [-0.2, 0) is 12.8 Å². The number of fused-ring (bicyclic) bond motifs is 1. The number of nitrogens with zero attached hydrogens (tertiary/aromatic N) is 6. The Morgan fingerprint density at radius 1 is 1.14 bits per heavy atom. The van der Waals surface area contributed by atoms with Crippen LogP contribution in [0.5, 0.6) is 0 Å². The number of hydrogen-bond acceptors (Lipinski definition) is 8. The number of pyridine rings is 1. The molecule has 1 aliphatic heterocycles. The molecule has 0 amide bonds. The van der Waals surface area contributed by atoms with Gasteiger partial charge in [0.1, 0.15) is 5.58 Å². The minimum Gasteiger partial charge on any atom is -0.451 e. The van der Waals surface area contributed by atoms with Gasteiger partial charge in [0.2, 0.25) is 5.95 Å². The fourth-order valence-corrected chi connectivity index (χ4v) is 3.72. The van der Waals surface area contributed by atoms with Crippen LogP contribution in [0.25, 0.3) is 22.6 Å². The SMILES string of the molecule is CCc1cnc(N2CCC(Cc3noc(-c4cc5cnccc5o4)n3)CC2)nc1. The van der Waals surface area contributed by atoms with Gasteiger partial charge in [0.05, 0.1) is 0 Å². The van der Waals surface area contributed by atoms with Crippen LogP contribution in [-0.4, -0.2) is 38.2 Å². The van der Waals surface area contributed by atoms with Crippen molar-refractivity contribution in [2.24, 2.45) is 5.92 Å². The third kappa shape index (κ3) is 3.70. The minimum absolute atomic E-state index is 0.415. The highest BCUT2D eigenvalue weighted by Crippen LogP contribution is 2.27. The van der Waals surface area contributed by atoms with E-state index in [9.17, 15) is 0 Å². The lowest BCUT2D eigenvalue weighted by Gasteiger charge is -2.31. The Labute approximate surface area is 168 Å². The zero-order valence-electron chi connectivity index (χ0n) is 16.3. The fraction of sp³-hybridized carbons (Fsp3) is 0.381. The smallest absolute Gasteiger partial charge is 0.293 e. The van der Waals surface area contributed by atoms with Gasteiger partial charge in [0.15, 0.2) is 11.6 Å². The van der Waals surface area contributed by atoms with Gasteiger partial charge in [-0.25, -0.2) is 9.97 Å². The van der Waals surface area contributed by atoms with Gasteiger partial charge in [-0.2, -0.15) is 4.98 Å². The molecule has 1 saturated heterocycles. The van der Waals surface area contributed by atoms with Crippen molar-refractivity contribution in [1.29, 1.82) is 0 Å². The Bertz CT molecular complexity index is 1060. The number of furan rings is 1. The van der Waals surface area contributed by atoms with Crippen molar-refractivity contribution >= 4 is 16.9 Å². The topological polar surface area (TPSA) is 94.0 Å². The van der Waals surface area contributed by atoms with E-state index >= 15 is 0 Å². The molecule has 0 saturated carbocycles. The Hall–Kier alpha value is -3.29. The summed E-state index contributed by atoms with van der Waals surface area (Å²) in [6.07, 6.45) is 11.2. The second-order valence-corrected chi connectivity index (χ2v) is 7.42. The highest BCUT2D eigenvalue weighted by Gasteiger charge is 2.23. The van der Waals surface area contributed by atoms with Crippen molar-refractivity contribution in [3.8, 4) is 11.7 Å². The summed E-state index contributed by atoms with van der Waals surface area (Å²) in [6, 6.07) is 3.70. The highest BCUT2D eigenvalue weighted by molar-refractivity contribution is 5.80. The molecule has 0 unspecified atom stereocenters. The summed E-state index contributed by atoms with van der Waals surface area (Å²) in [4.78, 5) is 19.9. The lowest BCUT2D eigenvalue weighted by molar-refractivity contribution is 0.374. The summed E-state index contributed by atoms with van der Waals surface area (Å²) < 4.78 is 11.2. The lowest BCUT2D eigenvalue weighted by atomic mass is 9.93. The van der Waals surface area contributed by atoms with E-state index in [1.165, 1.54) is 0 Å². The first-order valence-electron chi connectivity index (χ1n) is 10.0. The van der Waals surface area contributed by atoms with Gasteiger partial charge < -0.3 is 13.8 Å². The largest absolute Gasteiger partial charge is 0.451 e. The summed E-state index contributed by atoms with van der Waals surface area (Å²) in [5.74, 6) is 3.06. The van der Waals surface area contributed by atoms with Gasteiger partial charge in [0.25, 0.3) is 5.89 Å². The Balaban J connectivity index is 1.21. The average Bonchev–Trinajstić information content (AvgIpc) is 3.41. The Kier molecular flexibility index (Phi) is 4.67. The molecule has 4 aromatic heterocycles. The molecule has 1 aliphatic rings. The molecule has 0 N–H and O–H groups in total. The molecule has 5 rings (SSSR count). The van der Waals surface area contributed by atoms with Crippen molar-refractivity contribution in [2.75, 3.05) is 18.0 Å². The van der Waals surface area contributed by atoms with Gasteiger partial charge >= 0.3 is 0 Å². The third-order valence-corrected chi connectivity index (χ3v) is 5.46. The zero-order valence-corrected chi connectivity index (χ0v) is 16.3. The molecular formula is C21H22N6O2. The summed E-state index contributed by atoms with van der Waals surface area (Å²) in [6.45, 7) is 3.99. The molecule has 0 radical (unpaired) electrons. The maximum absolute atomic E-state index is 5.78. The zero-order chi connectivity index (χ0) is 19.6. The molecule has 29 heavy (non-hydrogen) atoms. The van der Waals surface area contributed by atoms with Crippen molar-refractivity contribution in [3.05, 3.63) is 48.3 Å². The second kappa shape index (κ2) is 7.62. The van der Waals surface area contributed by atoms with Crippen LogP contribution in [0.3, 0.4) is 0 Å². The number of hydrogen-bond donors (Lipinski definition) is 0. The van der Waals surface area contributed by atoms with Crippen LogP contribution in [0.1, 0.15) is 31.2 Å². The maximum atomic E-state index is 5.78. The first-order valence-corrected chi connectivity index (χ1v) is 10.0. The standard InChI is InChI=1S/C21H22N6O2/c1-2-14-11-23-21(24-12-14)27-7-4-15(5-8-27)9-19-25-20(29-26-19)18-10-16-13-22-6-3-17(16)28-18/h3,6,10-13,15H,2,4-5,7-9H2,1H3. The first kappa shape index (κ1) is 17.8. The summed E-state index contributed by atoms with van der Waals surface area (Å²) in [5, 5.41) is 5.07. The van der Waals surface area contributed by atoms with Crippen LogP contribution in [0.4, 0.5) is 5.95 Å². The van der Waals surface area contributed by atoms with E-state index in [4.69, 9.17) is 8.94 Å². The van der Waals surface area contributed by atoms with E-state index in [-0.39, 0.29) is 0 Å². The molecule has 1 fully saturated rings. The lowest BCUT2D eigenvalue weighted by Crippen LogP contribution is -2.35. The molecule has 4 aromatic rings. The van der Waals surface area contributed by atoms with Crippen LogP contribution >= 0.6 is 0 Å². The van der Waals surface area contributed by atoms with Crippen LogP contribution in [0.15, 0.2) is 45.9 Å². The molecule has 0 atom stereocenters. The molecule has 5 heterocycles. The predicted molar refractivity (Wildman–Crippen MR) is 107 cm³/mol. The van der Waals surface area contributed by atoms with Gasteiger partial charge in [-0.15, -0.1) is 0 Å². The van der Waals surface area contributed by atoms with E-state index in [2.05, 4.69) is 36.9 Å². The molecular weight excluding hydrogens is 368 g/mol. The number of aromatic nitrogens is 5. The summed E-state index contributed by atoms with van der Waals surface area (Å²) in [7, 11) is 0.